The van der Waals surface area contributed by atoms with Gasteiger partial charge in [0.1, 0.15) is 0 Å². The number of hydrogen-bond acceptors (Lipinski definition) is 5. The second kappa shape index (κ2) is 7.02. The largest absolute Gasteiger partial charge is 0.302 e. The number of fused-ring (bicyclic) bond motifs is 1. The third kappa shape index (κ3) is 4.01. The van der Waals surface area contributed by atoms with Crippen molar-refractivity contribution in [1.82, 2.24) is 9.29 Å². The van der Waals surface area contributed by atoms with Crippen molar-refractivity contribution in [2.24, 2.45) is 0 Å². The molecule has 0 spiro atoms. The Hall–Kier alpha value is -2.49. The van der Waals surface area contributed by atoms with Crippen molar-refractivity contribution < 1.29 is 13.2 Å². The van der Waals surface area contributed by atoms with Crippen LogP contribution >= 0.6 is 11.3 Å². The van der Waals surface area contributed by atoms with Gasteiger partial charge in [0.2, 0.25) is 5.91 Å². The first-order valence-corrected chi connectivity index (χ1v) is 9.99. The van der Waals surface area contributed by atoms with Crippen LogP contribution in [0.15, 0.2) is 42.5 Å². The number of hydrogen-bond donors (Lipinski definition) is 2. The highest BCUT2D eigenvalue weighted by atomic mass is 32.2. The van der Waals surface area contributed by atoms with Crippen LogP contribution in [0, 0.1) is 0 Å². The van der Waals surface area contributed by atoms with Gasteiger partial charge in [0, 0.05) is 21.0 Å². The van der Waals surface area contributed by atoms with Gasteiger partial charge in [0.15, 0.2) is 5.13 Å². The number of carbonyl (C=O) groups is 1. The van der Waals surface area contributed by atoms with E-state index in [1.807, 2.05) is 24.3 Å². The molecular formula is C17H18N4O3S2. The van der Waals surface area contributed by atoms with Gasteiger partial charge in [-0.25, -0.2) is 4.98 Å². The van der Waals surface area contributed by atoms with E-state index >= 15 is 0 Å². The van der Waals surface area contributed by atoms with Gasteiger partial charge < -0.3 is 5.32 Å². The highest BCUT2D eigenvalue weighted by molar-refractivity contribution is 7.90. The van der Waals surface area contributed by atoms with Crippen LogP contribution < -0.4 is 10.0 Å². The van der Waals surface area contributed by atoms with E-state index in [2.05, 4.69) is 15.0 Å². The van der Waals surface area contributed by atoms with Crippen molar-refractivity contribution in [3.8, 4) is 11.1 Å². The molecule has 0 saturated heterocycles. The van der Waals surface area contributed by atoms with E-state index < -0.39 is 10.2 Å². The van der Waals surface area contributed by atoms with Crippen LogP contribution in [0.4, 0.5) is 10.8 Å². The summed E-state index contributed by atoms with van der Waals surface area (Å²) in [5.41, 5.74) is 3.09. The van der Waals surface area contributed by atoms with Crippen molar-refractivity contribution in [1.29, 1.82) is 0 Å². The van der Waals surface area contributed by atoms with E-state index in [1.54, 1.807) is 18.2 Å². The molecule has 7 nitrogen and oxygen atoms in total. The van der Waals surface area contributed by atoms with Crippen molar-refractivity contribution in [3.05, 3.63) is 42.5 Å². The van der Waals surface area contributed by atoms with Crippen LogP contribution in [-0.4, -0.2) is 37.7 Å². The van der Waals surface area contributed by atoms with Crippen LogP contribution in [0.5, 0.6) is 0 Å². The molecule has 2 N–H and O–H groups in total. The fourth-order valence-corrected chi connectivity index (χ4v) is 3.87. The van der Waals surface area contributed by atoms with E-state index in [-0.39, 0.29) is 5.91 Å². The number of carbonyl (C=O) groups excluding carboxylic acids is 1. The molecule has 3 rings (SSSR count). The first kappa shape index (κ1) is 18.3. The molecule has 2 aromatic carbocycles. The van der Waals surface area contributed by atoms with Gasteiger partial charge in [-0.1, -0.05) is 29.5 Å². The molecule has 0 bridgehead atoms. The predicted octanol–water partition coefficient (Wildman–Crippen LogP) is 3.14. The second-order valence-electron chi connectivity index (χ2n) is 5.85. The van der Waals surface area contributed by atoms with Crippen molar-refractivity contribution in [3.63, 3.8) is 0 Å². The Morgan fingerprint density at radius 2 is 1.85 bits per heavy atom. The molecule has 0 aliphatic carbocycles. The maximum atomic E-state index is 12.0. The fourth-order valence-electron chi connectivity index (χ4n) is 2.31. The van der Waals surface area contributed by atoms with Gasteiger partial charge in [-0.3, -0.25) is 9.52 Å². The minimum atomic E-state index is -3.56. The summed E-state index contributed by atoms with van der Waals surface area (Å²) in [5, 5.41) is 3.24. The number of rotatable bonds is 5. The lowest BCUT2D eigenvalue weighted by atomic mass is 10.1. The Labute approximate surface area is 155 Å². The minimum absolute atomic E-state index is 0.162. The summed E-state index contributed by atoms with van der Waals surface area (Å²) in [6, 6.07) is 12.9. The van der Waals surface area contributed by atoms with Gasteiger partial charge >= 0.3 is 10.2 Å². The lowest BCUT2D eigenvalue weighted by molar-refractivity contribution is -0.114. The number of aromatic nitrogens is 1. The molecule has 0 aliphatic rings. The molecule has 9 heteroatoms. The van der Waals surface area contributed by atoms with Gasteiger partial charge in [0.25, 0.3) is 0 Å². The molecule has 0 radical (unpaired) electrons. The number of benzene rings is 2. The number of thiazole rings is 1. The highest BCUT2D eigenvalue weighted by Crippen LogP contribution is 2.31. The standard InChI is InChI=1S/C17H18N4O3S2/c1-11(22)18-17-19-15-8-7-13(10-16(15)25-17)12-5-4-6-14(9-12)20-26(23,24)21(2)3/h4-10,20H,1-3H3,(H,18,19,22). The molecule has 0 fully saturated rings. The lowest BCUT2D eigenvalue weighted by Gasteiger charge is -2.14. The monoisotopic (exact) mass is 390 g/mol. The van der Waals surface area contributed by atoms with Gasteiger partial charge in [0.05, 0.1) is 15.9 Å². The zero-order chi connectivity index (χ0) is 18.9. The minimum Gasteiger partial charge on any atom is -0.302 e. The van der Waals surface area contributed by atoms with E-state index in [1.165, 1.54) is 32.4 Å². The molecule has 3 aromatic rings. The van der Waals surface area contributed by atoms with Crippen LogP contribution in [-0.2, 0) is 15.0 Å². The van der Waals surface area contributed by atoms with Crippen LogP contribution in [0.2, 0.25) is 0 Å². The Morgan fingerprint density at radius 1 is 1.12 bits per heavy atom. The zero-order valence-corrected chi connectivity index (χ0v) is 16.1. The number of nitrogens with one attached hydrogen (secondary N) is 2. The summed E-state index contributed by atoms with van der Waals surface area (Å²) in [6.07, 6.45) is 0. The van der Waals surface area contributed by atoms with E-state index in [4.69, 9.17) is 0 Å². The summed E-state index contributed by atoms with van der Waals surface area (Å²) < 4.78 is 28.6. The van der Waals surface area contributed by atoms with Crippen LogP contribution in [0.1, 0.15) is 6.92 Å². The molecule has 0 atom stereocenters. The second-order valence-corrected chi connectivity index (χ2v) is 8.77. The number of nitrogens with zero attached hydrogens (tertiary/aromatic N) is 2. The molecular weight excluding hydrogens is 372 g/mol. The van der Waals surface area contributed by atoms with Crippen molar-refractivity contribution in [2.45, 2.75) is 6.92 Å². The maximum Gasteiger partial charge on any atom is 0.301 e. The molecule has 1 amide bonds. The smallest absolute Gasteiger partial charge is 0.301 e. The predicted molar refractivity (Wildman–Crippen MR) is 106 cm³/mol. The summed E-state index contributed by atoms with van der Waals surface area (Å²) in [4.78, 5) is 15.5. The average Bonchev–Trinajstić information content (AvgIpc) is 2.94. The van der Waals surface area contributed by atoms with Crippen molar-refractivity contribution >= 4 is 48.5 Å². The molecule has 0 unspecified atom stereocenters. The highest BCUT2D eigenvalue weighted by Gasteiger charge is 2.13. The summed E-state index contributed by atoms with van der Waals surface area (Å²) in [6.45, 7) is 1.44. The van der Waals surface area contributed by atoms with E-state index in [9.17, 15) is 13.2 Å². The van der Waals surface area contributed by atoms with Gasteiger partial charge in [-0.2, -0.15) is 12.7 Å². The Bertz CT molecular complexity index is 1070. The van der Waals surface area contributed by atoms with E-state index in [0.29, 0.717) is 10.8 Å². The topological polar surface area (TPSA) is 91.4 Å². The molecule has 1 aromatic heterocycles. The third-order valence-electron chi connectivity index (χ3n) is 3.59. The maximum absolute atomic E-state index is 12.0. The number of amides is 1. The molecule has 0 saturated carbocycles. The molecule has 1 heterocycles. The SMILES string of the molecule is CC(=O)Nc1nc2ccc(-c3cccc(NS(=O)(=O)N(C)C)c3)cc2s1. The van der Waals surface area contributed by atoms with E-state index in [0.717, 1.165) is 25.6 Å². The summed E-state index contributed by atoms with van der Waals surface area (Å²) >= 11 is 1.39. The Kier molecular flexibility index (Phi) is 4.94. The third-order valence-corrected chi connectivity index (χ3v) is 5.98. The van der Waals surface area contributed by atoms with Crippen LogP contribution in [0.3, 0.4) is 0 Å². The van der Waals surface area contributed by atoms with Crippen LogP contribution in [0.25, 0.3) is 21.3 Å². The molecule has 136 valence electrons. The molecule has 0 aliphatic heterocycles. The number of anilines is 2. The first-order valence-electron chi connectivity index (χ1n) is 7.73. The Balaban J connectivity index is 1.93. The summed E-state index contributed by atoms with van der Waals surface area (Å²) in [7, 11) is -0.620. The first-order chi connectivity index (χ1) is 12.2. The quantitative estimate of drug-likeness (QED) is 0.700. The van der Waals surface area contributed by atoms with Crippen molar-refractivity contribution in [2.75, 3.05) is 24.1 Å². The molecule has 26 heavy (non-hydrogen) atoms. The fraction of sp³-hybridized carbons (Fsp3) is 0.176. The van der Waals surface area contributed by atoms with Gasteiger partial charge in [-0.15, -0.1) is 0 Å². The Morgan fingerprint density at radius 3 is 2.54 bits per heavy atom. The normalized spacial score (nSPS) is 11.7. The average molecular weight is 390 g/mol. The zero-order valence-electron chi connectivity index (χ0n) is 14.5. The summed E-state index contributed by atoms with van der Waals surface area (Å²) in [5.74, 6) is -0.162. The lowest BCUT2D eigenvalue weighted by Crippen LogP contribution is -2.28. The van der Waals surface area contributed by atoms with Gasteiger partial charge in [-0.05, 0) is 35.4 Å².